The first-order valence-electron chi connectivity index (χ1n) is 7.37. The fourth-order valence-corrected chi connectivity index (χ4v) is 3.14. The third kappa shape index (κ3) is 3.95. The third-order valence-electron chi connectivity index (χ3n) is 4.45. The molecule has 2 fully saturated rings. The summed E-state index contributed by atoms with van der Waals surface area (Å²) >= 11 is 0. The van der Waals surface area contributed by atoms with Crippen molar-refractivity contribution in [3.63, 3.8) is 0 Å². The van der Waals surface area contributed by atoms with Crippen molar-refractivity contribution in [1.29, 1.82) is 0 Å². The van der Waals surface area contributed by atoms with E-state index in [-0.39, 0.29) is 0 Å². The van der Waals surface area contributed by atoms with Crippen LogP contribution in [0.2, 0.25) is 0 Å². The van der Waals surface area contributed by atoms with E-state index in [1.807, 2.05) is 4.90 Å². The van der Waals surface area contributed by atoms with Gasteiger partial charge >= 0.3 is 0 Å². The molecule has 2 unspecified atom stereocenters. The minimum Gasteiger partial charge on any atom is -0.340 e. The smallest absolute Gasteiger partial charge is 0.222 e. The van der Waals surface area contributed by atoms with Crippen molar-refractivity contribution in [1.82, 2.24) is 9.80 Å². The van der Waals surface area contributed by atoms with Crippen LogP contribution in [-0.2, 0) is 4.79 Å². The molecular weight excluding hydrogens is 226 g/mol. The third-order valence-corrected chi connectivity index (χ3v) is 4.45. The average molecular weight is 253 g/mol. The number of nitrogens with zero attached hydrogens (tertiary/aromatic N) is 2. The molecular formula is C14H27N3O. The van der Waals surface area contributed by atoms with Crippen molar-refractivity contribution in [2.24, 2.45) is 11.7 Å². The Bertz CT molecular complexity index is 274. The fraction of sp³-hybridized carbons (Fsp3) is 0.929. The Balaban J connectivity index is 1.68. The first-order valence-corrected chi connectivity index (χ1v) is 7.37. The Morgan fingerprint density at radius 1 is 1.22 bits per heavy atom. The van der Waals surface area contributed by atoms with Gasteiger partial charge in [-0.1, -0.05) is 12.8 Å². The van der Waals surface area contributed by atoms with Gasteiger partial charge in [0, 0.05) is 38.6 Å². The molecule has 1 aliphatic heterocycles. The van der Waals surface area contributed by atoms with Gasteiger partial charge in [-0.25, -0.2) is 0 Å². The Morgan fingerprint density at radius 2 is 1.94 bits per heavy atom. The number of hydrogen-bond acceptors (Lipinski definition) is 3. The molecule has 2 rings (SSSR count). The van der Waals surface area contributed by atoms with Gasteiger partial charge in [0.1, 0.15) is 0 Å². The topological polar surface area (TPSA) is 49.6 Å². The summed E-state index contributed by atoms with van der Waals surface area (Å²) in [6.07, 6.45) is 6.57. The predicted octanol–water partition coefficient (Wildman–Crippen LogP) is 1.06. The van der Waals surface area contributed by atoms with Gasteiger partial charge in [-0.15, -0.1) is 0 Å². The van der Waals surface area contributed by atoms with Gasteiger partial charge in [-0.3, -0.25) is 4.79 Å². The first-order chi connectivity index (χ1) is 8.65. The molecule has 104 valence electrons. The number of piperazine rings is 1. The van der Waals surface area contributed by atoms with E-state index in [0.717, 1.165) is 45.4 Å². The molecule has 1 saturated carbocycles. The molecule has 0 spiro atoms. The van der Waals surface area contributed by atoms with Crippen molar-refractivity contribution in [3.05, 3.63) is 0 Å². The van der Waals surface area contributed by atoms with Crippen LogP contribution in [0.4, 0.5) is 0 Å². The van der Waals surface area contributed by atoms with Gasteiger partial charge in [-0.2, -0.15) is 0 Å². The van der Waals surface area contributed by atoms with Crippen LogP contribution in [0.15, 0.2) is 0 Å². The molecule has 18 heavy (non-hydrogen) atoms. The number of carbonyl (C=O) groups is 1. The highest BCUT2D eigenvalue weighted by molar-refractivity contribution is 5.76. The van der Waals surface area contributed by atoms with Crippen LogP contribution in [0.5, 0.6) is 0 Å². The molecule has 0 radical (unpaired) electrons. The van der Waals surface area contributed by atoms with Gasteiger partial charge in [0.25, 0.3) is 0 Å². The molecule has 0 bridgehead atoms. The summed E-state index contributed by atoms with van der Waals surface area (Å²) in [6.45, 7) is 3.83. The summed E-state index contributed by atoms with van der Waals surface area (Å²) < 4.78 is 0. The Kier molecular flexibility index (Phi) is 5.01. The number of likely N-dealkylation sites (N-methyl/N-ethyl adjacent to an activating group) is 1. The van der Waals surface area contributed by atoms with Gasteiger partial charge in [0.2, 0.25) is 5.91 Å². The van der Waals surface area contributed by atoms with Crippen molar-refractivity contribution >= 4 is 5.91 Å². The second kappa shape index (κ2) is 6.53. The van der Waals surface area contributed by atoms with Crippen LogP contribution in [0.3, 0.4) is 0 Å². The zero-order valence-corrected chi connectivity index (χ0v) is 11.6. The lowest BCUT2D eigenvalue weighted by Gasteiger charge is -2.33. The quantitative estimate of drug-likeness (QED) is 0.818. The Morgan fingerprint density at radius 3 is 2.61 bits per heavy atom. The Hall–Kier alpha value is -0.610. The van der Waals surface area contributed by atoms with Gasteiger partial charge in [0.15, 0.2) is 0 Å². The van der Waals surface area contributed by atoms with E-state index in [4.69, 9.17) is 5.73 Å². The zero-order valence-electron chi connectivity index (χ0n) is 11.6. The molecule has 2 aliphatic rings. The maximum atomic E-state index is 12.1. The van der Waals surface area contributed by atoms with Crippen molar-refractivity contribution < 1.29 is 4.79 Å². The molecule has 4 nitrogen and oxygen atoms in total. The molecule has 1 aliphatic carbocycles. The van der Waals surface area contributed by atoms with Crippen LogP contribution in [0.25, 0.3) is 0 Å². The zero-order chi connectivity index (χ0) is 13.0. The summed E-state index contributed by atoms with van der Waals surface area (Å²) in [6, 6.07) is 0.377. The number of carbonyl (C=O) groups excluding carboxylic acids is 1. The van der Waals surface area contributed by atoms with Gasteiger partial charge in [0.05, 0.1) is 0 Å². The molecule has 1 saturated heterocycles. The van der Waals surface area contributed by atoms with Gasteiger partial charge in [-0.05, 0) is 32.2 Å². The highest BCUT2D eigenvalue weighted by atomic mass is 16.2. The summed E-state index contributed by atoms with van der Waals surface area (Å²) in [5.74, 6) is 1.03. The minimum absolute atomic E-state index is 0.349. The maximum Gasteiger partial charge on any atom is 0.222 e. The molecule has 1 heterocycles. The number of hydrogen-bond donors (Lipinski definition) is 1. The summed E-state index contributed by atoms with van der Waals surface area (Å²) in [5, 5.41) is 0. The standard InChI is InChI=1S/C14H27N3O/c1-16-7-9-17(10-8-16)14(18)6-5-12-3-2-4-13(15)11-12/h12-13H,2-11,15H2,1H3. The molecule has 2 N–H and O–H groups in total. The minimum atomic E-state index is 0.349. The number of amides is 1. The van der Waals surface area contributed by atoms with Crippen molar-refractivity contribution in [2.45, 2.75) is 44.6 Å². The summed E-state index contributed by atoms with van der Waals surface area (Å²) in [4.78, 5) is 16.4. The maximum absolute atomic E-state index is 12.1. The molecule has 0 aromatic carbocycles. The summed E-state index contributed by atoms with van der Waals surface area (Å²) in [5.41, 5.74) is 5.99. The number of rotatable bonds is 3. The van der Waals surface area contributed by atoms with Crippen LogP contribution >= 0.6 is 0 Å². The van der Waals surface area contributed by atoms with Crippen LogP contribution in [0, 0.1) is 5.92 Å². The van der Waals surface area contributed by atoms with E-state index in [0.29, 0.717) is 17.9 Å². The second-order valence-electron chi connectivity index (χ2n) is 6.02. The van der Waals surface area contributed by atoms with E-state index in [1.165, 1.54) is 19.3 Å². The molecule has 0 aromatic rings. The number of nitrogens with two attached hydrogens (primary N) is 1. The van der Waals surface area contributed by atoms with Crippen molar-refractivity contribution in [3.8, 4) is 0 Å². The van der Waals surface area contributed by atoms with Crippen LogP contribution in [0.1, 0.15) is 38.5 Å². The lowest BCUT2D eigenvalue weighted by Crippen LogP contribution is -2.47. The molecule has 1 amide bonds. The van der Waals surface area contributed by atoms with Crippen LogP contribution < -0.4 is 5.73 Å². The molecule has 4 heteroatoms. The lowest BCUT2D eigenvalue weighted by atomic mass is 9.83. The first kappa shape index (κ1) is 13.8. The van der Waals surface area contributed by atoms with E-state index in [9.17, 15) is 4.79 Å². The molecule has 2 atom stereocenters. The SMILES string of the molecule is CN1CCN(C(=O)CCC2CCCC(N)C2)CC1. The van der Waals surface area contributed by atoms with Crippen molar-refractivity contribution in [2.75, 3.05) is 33.2 Å². The fourth-order valence-electron chi connectivity index (χ4n) is 3.14. The largest absolute Gasteiger partial charge is 0.340 e. The van der Waals surface area contributed by atoms with E-state index in [2.05, 4.69) is 11.9 Å². The van der Waals surface area contributed by atoms with Gasteiger partial charge < -0.3 is 15.5 Å². The highest BCUT2D eigenvalue weighted by Gasteiger charge is 2.22. The highest BCUT2D eigenvalue weighted by Crippen LogP contribution is 2.27. The van der Waals surface area contributed by atoms with Crippen LogP contribution in [-0.4, -0.2) is 55.0 Å². The predicted molar refractivity (Wildman–Crippen MR) is 73.2 cm³/mol. The van der Waals surface area contributed by atoms with E-state index < -0.39 is 0 Å². The van der Waals surface area contributed by atoms with E-state index >= 15 is 0 Å². The van der Waals surface area contributed by atoms with E-state index in [1.54, 1.807) is 0 Å². The monoisotopic (exact) mass is 253 g/mol. The lowest BCUT2D eigenvalue weighted by molar-refractivity contribution is -0.133. The normalized spacial score (nSPS) is 30.4. The molecule has 0 aromatic heterocycles. The Labute approximate surface area is 110 Å². The second-order valence-corrected chi connectivity index (χ2v) is 6.02. The summed E-state index contributed by atoms with van der Waals surface area (Å²) in [7, 11) is 2.12. The average Bonchev–Trinajstić information content (AvgIpc) is 2.37.